The molecular formula is C12H18Cl2N2. The van der Waals surface area contributed by atoms with Gasteiger partial charge in [0.1, 0.15) is 0 Å². The van der Waals surface area contributed by atoms with Gasteiger partial charge in [-0.25, -0.2) is 0 Å². The second kappa shape index (κ2) is 6.43. The van der Waals surface area contributed by atoms with Gasteiger partial charge in [-0.05, 0) is 26.0 Å². The summed E-state index contributed by atoms with van der Waals surface area (Å²) in [6.45, 7) is 7.35. The van der Waals surface area contributed by atoms with Gasteiger partial charge in [0.05, 0.1) is 15.7 Å². The standard InChI is InChI=1S/C12H18Cl2N2/c1-4-10(8(3)15-5-2)12-11(14)6-9(13)7-16-12/h6-8,10,15H,4-5H2,1-3H3. The van der Waals surface area contributed by atoms with Gasteiger partial charge in [0.25, 0.3) is 0 Å². The smallest absolute Gasteiger partial charge is 0.0639 e. The average Bonchev–Trinajstić information content (AvgIpc) is 2.22. The minimum atomic E-state index is 0.324. The number of hydrogen-bond acceptors (Lipinski definition) is 2. The first-order valence-corrected chi connectivity index (χ1v) is 6.40. The van der Waals surface area contributed by atoms with Gasteiger partial charge in [-0.3, -0.25) is 4.98 Å². The largest absolute Gasteiger partial charge is 0.314 e. The van der Waals surface area contributed by atoms with Crippen LogP contribution in [0.15, 0.2) is 12.3 Å². The molecule has 1 aromatic rings. The SMILES string of the molecule is CCNC(C)C(CC)c1ncc(Cl)cc1Cl. The van der Waals surface area contributed by atoms with Crippen molar-refractivity contribution in [2.24, 2.45) is 0 Å². The first kappa shape index (κ1) is 13.8. The van der Waals surface area contributed by atoms with Crippen LogP contribution in [-0.4, -0.2) is 17.6 Å². The lowest BCUT2D eigenvalue weighted by Crippen LogP contribution is -2.32. The molecule has 1 aromatic heterocycles. The third-order valence-electron chi connectivity index (χ3n) is 2.76. The van der Waals surface area contributed by atoms with Crippen molar-refractivity contribution < 1.29 is 0 Å². The van der Waals surface area contributed by atoms with Gasteiger partial charge in [-0.15, -0.1) is 0 Å². The van der Waals surface area contributed by atoms with Gasteiger partial charge in [0.2, 0.25) is 0 Å². The summed E-state index contributed by atoms with van der Waals surface area (Å²) in [5.74, 6) is 0.324. The van der Waals surface area contributed by atoms with Gasteiger partial charge in [0.15, 0.2) is 0 Å². The summed E-state index contributed by atoms with van der Waals surface area (Å²) in [6, 6.07) is 2.12. The summed E-state index contributed by atoms with van der Waals surface area (Å²) in [5, 5.41) is 4.64. The molecule has 0 aliphatic carbocycles. The van der Waals surface area contributed by atoms with Crippen molar-refractivity contribution in [3.63, 3.8) is 0 Å². The molecule has 2 nitrogen and oxygen atoms in total. The summed E-state index contributed by atoms with van der Waals surface area (Å²) in [6.07, 6.45) is 2.66. The Morgan fingerprint density at radius 2 is 2.06 bits per heavy atom. The number of rotatable bonds is 5. The Morgan fingerprint density at radius 1 is 1.38 bits per heavy atom. The fourth-order valence-electron chi connectivity index (χ4n) is 1.95. The molecule has 0 saturated heterocycles. The molecule has 1 rings (SSSR count). The van der Waals surface area contributed by atoms with Crippen molar-refractivity contribution in [3.8, 4) is 0 Å². The Balaban J connectivity index is 2.94. The van der Waals surface area contributed by atoms with E-state index in [1.807, 2.05) is 0 Å². The molecule has 1 heterocycles. The number of hydrogen-bond donors (Lipinski definition) is 1. The van der Waals surface area contributed by atoms with Crippen molar-refractivity contribution in [2.75, 3.05) is 6.54 Å². The molecule has 2 unspecified atom stereocenters. The van der Waals surface area contributed by atoms with E-state index in [4.69, 9.17) is 23.2 Å². The highest BCUT2D eigenvalue weighted by Crippen LogP contribution is 2.29. The molecule has 90 valence electrons. The fraction of sp³-hybridized carbons (Fsp3) is 0.583. The molecule has 0 amide bonds. The van der Waals surface area contributed by atoms with E-state index >= 15 is 0 Å². The normalized spacial score (nSPS) is 14.8. The molecule has 1 N–H and O–H groups in total. The van der Waals surface area contributed by atoms with Crippen LogP contribution in [0.3, 0.4) is 0 Å². The molecule has 0 fully saturated rings. The monoisotopic (exact) mass is 260 g/mol. The number of halogens is 2. The molecule has 0 aliphatic heterocycles. The van der Waals surface area contributed by atoms with Gasteiger partial charge in [-0.2, -0.15) is 0 Å². The molecule has 0 spiro atoms. The summed E-state index contributed by atoms with van der Waals surface area (Å²) >= 11 is 12.0. The van der Waals surface area contributed by atoms with Gasteiger partial charge in [-0.1, -0.05) is 37.0 Å². The number of nitrogens with zero attached hydrogens (tertiary/aromatic N) is 1. The molecule has 0 saturated carbocycles. The van der Waals surface area contributed by atoms with Gasteiger partial charge >= 0.3 is 0 Å². The van der Waals surface area contributed by atoms with Gasteiger partial charge in [0, 0.05) is 18.2 Å². The van der Waals surface area contributed by atoms with Crippen LogP contribution in [0, 0.1) is 0 Å². The van der Waals surface area contributed by atoms with E-state index in [-0.39, 0.29) is 0 Å². The zero-order chi connectivity index (χ0) is 12.1. The van der Waals surface area contributed by atoms with Crippen LogP contribution < -0.4 is 5.32 Å². The van der Waals surface area contributed by atoms with Crippen molar-refractivity contribution in [1.82, 2.24) is 10.3 Å². The van der Waals surface area contributed by atoms with Crippen LogP contribution in [0.5, 0.6) is 0 Å². The van der Waals surface area contributed by atoms with Gasteiger partial charge < -0.3 is 5.32 Å². The van der Waals surface area contributed by atoms with Crippen LogP contribution >= 0.6 is 23.2 Å². The maximum absolute atomic E-state index is 6.17. The maximum atomic E-state index is 6.17. The quantitative estimate of drug-likeness (QED) is 0.870. The van der Waals surface area contributed by atoms with E-state index in [1.54, 1.807) is 12.3 Å². The third kappa shape index (κ3) is 3.34. The van der Waals surface area contributed by atoms with Crippen molar-refractivity contribution in [1.29, 1.82) is 0 Å². The zero-order valence-corrected chi connectivity index (χ0v) is 11.4. The van der Waals surface area contributed by atoms with Crippen molar-refractivity contribution in [2.45, 2.75) is 39.2 Å². The van der Waals surface area contributed by atoms with Crippen LogP contribution in [-0.2, 0) is 0 Å². The third-order valence-corrected chi connectivity index (χ3v) is 3.27. The lowest BCUT2D eigenvalue weighted by molar-refractivity contribution is 0.453. The van der Waals surface area contributed by atoms with Crippen LogP contribution in [0.2, 0.25) is 10.0 Å². The molecule has 0 radical (unpaired) electrons. The number of nitrogens with one attached hydrogen (secondary N) is 1. The summed E-state index contributed by atoms with van der Waals surface area (Å²) in [7, 11) is 0. The lowest BCUT2D eigenvalue weighted by atomic mass is 9.94. The Morgan fingerprint density at radius 3 is 2.56 bits per heavy atom. The molecule has 0 bridgehead atoms. The predicted molar refractivity (Wildman–Crippen MR) is 70.4 cm³/mol. The van der Waals surface area contributed by atoms with E-state index in [9.17, 15) is 0 Å². The summed E-state index contributed by atoms with van der Waals surface area (Å²) < 4.78 is 0. The molecular weight excluding hydrogens is 243 g/mol. The van der Waals surface area contributed by atoms with Crippen LogP contribution in [0.25, 0.3) is 0 Å². The highest BCUT2D eigenvalue weighted by molar-refractivity contribution is 6.34. The minimum Gasteiger partial charge on any atom is -0.314 e. The molecule has 2 atom stereocenters. The van der Waals surface area contributed by atoms with E-state index in [0.29, 0.717) is 22.0 Å². The maximum Gasteiger partial charge on any atom is 0.0639 e. The van der Waals surface area contributed by atoms with E-state index < -0.39 is 0 Å². The average molecular weight is 261 g/mol. The van der Waals surface area contributed by atoms with E-state index in [2.05, 4.69) is 31.1 Å². The molecule has 0 aliphatic rings. The van der Waals surface area contributed by atoms with Crippen molar-refractivity contribution >= 4 is 23.2 Å². The Kier molecular flexibility index (Phi) is 5.53. The number of pyridine rings is 1. The highest BCUT2D eigenvalue weighted by Gasteiger charge is 2.20. The topological polar surface area (TPSA) is 24.9 Å². The van der Waals surface area contributed by atoms with Crippen LogP contribution in [0.1, 0.15) is 38.8 Å². The number of aromatic nitrogens is 1. The van der Waals surface area contributed by atoms with Crippen LogP contribution in [0.4, 0.5) is 0 Å². The summed E-state index contributed by atoms with van der Waals surface area (Å²) in [4.78, 5) is 4.35. The zero-order valence-electron chi connectivity index (χ0n) is 9.93. The van der Waals surface area contributed by atoms with E-state index in [0.717, 1.165) is 18.7 Å². The molecule has 0 aromatic carbocycles. The lowest BCUT2D eigenvalue weighted by Gasteiger charge is -2.23. The molecule has 16 heavy (non-hydrogen) atoms. The Hall–Kier alpha value is -0.310. The van der Waals surface area contributed by atoms with Crippen molar-refractivity contribution in [3.05, 3.63) is 28.0 Å². The second-order valence-corrected chi connectivity index (χ2v) is 4.73. The first-order valence-electron chi connectivity index (χ1n) is 5.64. The minimum absolute atomic E-state index is 0.324. The Labute approximate surface area is 107 Å². The fourth-order valence-corrected chi connectivity index (χ4v) is 2.47. The molecule has 4 heteroatoms. The number of likely N-dealkylation sites (N-methyl/N-ethyl adjacent to an activating group) is 1. The highest BCUT2D eigenvalue weighted by atomic mass is 35.5. The predicted octanol–water partition coefficient (Wildman–Crippen LogP) is 3.88. The van der Waals surface area contributed by atoms with E-state index in [1.165, 1.54) is 0 Å². The second-order valence-electron chi connectivity index (χ2n) is 3.88. The first-order chi connectivity index (χ1) is 7.60. The Bertz CT molecular complexity index is 342. The summed E-state index contributed by atoms with van der Waals surface area (Å²) in [5.41, 5.74) is 0.932.